The smallest absolute Gasteiger partial charge is 0.208 e. The quantitative estimate of drug-likeness (QED) is 0.702. The molecule has 0 amide bonds. The SMILES string of the molecule is CS(=O)(=O)NCCNC1CCCc2cc(O)ccc21. The Morgan fingerprint density at radius 1 is 1.37 bits per heavy atom. The topological polar surface area (TPSA) is 78.4 Å². The number of nitrogens with one attached hydrogen (secondary N) is 2. The van der Waals surface area contributed by atoms with Crippen LogP contribution in [0.25, 0.3) is 0 Å². The summed E-state index contributed by atoms with van der Waals surface area (Å²) in [5.41, 5.74) is 2.39. The van der Waals surface area contributed by atoms with Gasteiger partial charge in [-0.1, -0.05) is 6.07 Å². The molecule has 0 radical (unpaired) electrons. The second-order valence-corrected chi connectivity index (χ2v) is 6.78. The lowest BCUT2D eigenvalue weighted by Gasteiger charge is -2.26. The standard InChI is InChI=1S/C13H20N2O3S/c1-19(17,18)15-8-7-14-13-4-2-3-10-9-11(16)5-6-12(10)13/h5-6,9,13-16H,2-4,7-8H2,1H3. The highest BCUT2D eigenvalue weighted by Gasteiger charge is 2.19. The molecule has 0 bridgehead atoms. The summed E-state index contributed by atoms with van der Waals surface area (Å²) in [7, 11) is -3.12. The zero-order valence-corrected chi connectivity index (χ0v) is 11.8. The van der Waals surface area contributed by atoms with Crippen molar-refractivity contribution < 1.29 is 13.5 Å². The molecule has 2 rings (SSSR count). The molecular formula is C13H20N2O3S. The third-order valence-corrected chi connectivity index (χ3v) is 4.05. The molecule has 6 heteroatoms. The normalized spacial score (nSPS) is 19.1. The number of rotatable bonds is 5. The minimum absolute atomic E-state index is 0.241. The number of phenolic OH excluding ortho intramolecular Hbond substituents is 1. The predicted octanol–water partition coefficient (Wildman–Crippen LogP) is 0.908. The van der Waals surface area contributed by atoms with Gasteiger partial charge in [0.1, 0.15) is 5.75 Å². The van der Waals surface area contributed by atoms with Crippen LogP contribution in [-0.4, -0.2) is 32.9 Å². The molecule has 1 unspecified atom stereocenters. The Bertz CT molecular complexity index is 543. The summed E-state index contributed by atoms with van der Waals surface area (Å²) in [6, 6.07) is 5.71. The van der Waals surface area contributed by atoms with E-state index in [4.69, 9.17) is 0 Å². The zero-order valence-electron chi connectivity index (χ0n) is 11.0. The maximum Gasteiger partial charge on any atom is 0.208 e. The number of sulfonamides is 1. The molecule has 1 aromatic carbocycles. The first-order chi connectivity index (χ1) is 8.96. The molecule has 106 valence electrons. The van der Waals surface area contributed by atoms with Crippen LogP contribution < -0.4 is 10.0 Å². The van der Waals surface area contributed by atoms with Crippen LogP contribution in [0.15, 0.2) is 18.2 Å². The van der Waals surface area contributed by atoms with Gasteiger partial charge in [-0.3, -0.25) is 0 Å². The van der Waals surface area contributed by atoms with E-state index in [1.165, 1.54) is 11.1 Å². The van der Waals surface area contributed by atoms with E-state index in [0.717, 1.165) is 25.5 Å². The van der Waals surface area contributed by atoms with Crippen LogP contribution >= 0.6 is 0 Å². The number of aromatic hydroxyl groups is 1. The maximum absolute atomic E-state index is 11.0. The van der Waals surface area contributed by atoms with Gasteiger partial charge in [0.2, 0.25) is 10.0 Å². The molecule has 19 heavy (non-hydrogen) atoms. The lowest BCUT2D eigenvalue weighted by atomic mass is 9.87. The van der Waals surface area contributed by atoms with Gasteiger partial charge in [-0.05, 0) is 42.5 Å². The summed E-state index contributed by atoms with van der Waals surface area (Å²) in [5, 5.41) is 12.8. The van der Waals surface area contributed by atoms with E-state index in [1.54, 1.807) is 6.07 Å². The van der Waals surface area contributed by atoms with E-state index < -0.39 is 10.0 Å². The summed E-state index contributed by atoms with van der Waals surface area (Å²) in [6.45, 7) is 0.987. The monoisotopic (exact) mass is 284 g/mol. The third kappa shape index (κ3) is 4.19. The highest BCUT2D eigenvalue weighted by atomic mass is 32.2. The second kappa shape index (κ2) is 5.90. The second-order valence-electron chi connectivity index (χ2n) is 4.95. The largest absolute Gasteiger partial charge is 0.508 e. The first kappa shape index (κ1) is 14.3. The van der Waals surface area contributed by atoms with Crippen molar-refractivity contribution in [1.29, 1.82) is 0 Å². The molecule has 1 aliphatic rings. The van der Waals surface area contributed by atoms with Crippen LogP contribution in [0.3, 0.4) is 0 Å². The molecule has 1 aromatic rings. The Balaban J connectivity index is 1.93. The van der Waals surface area contributed by atoms with Crippen molar-refractivity contribution in [1.82, 2.24) is 10.0 Å². The van der Waals surface area contributed by atoms with Crippen molar-refractivity contribution in [2.75, 3.05) is 19.3 Å². The highest BCUT2D eigenvalue weighted by molar-refractivity contribution is 7.88. The Labute approximate surface area is 114 Å². The highest BCUT2D eigenvalue weighted by Crippen LogP contribution is 2.31. The Morgan fingerprint density at radius 2 is 2.16 bits per heavy atom. The van der Waals surface area contributed by atoms with E-state index in [9.17, 15) is 13.5 Å². The lowest BCUT2D eigenvalue weighted by Crippen LogP contribution is -2.34. The van der Waals surface area contributed by atoms with Crippen LogP contribution in [-0.2, 0) is 16.4 Å². The Morgan fingerprint density at radius 3 is 2.89 bits per heavy atom. The van der Waals surface area contributed by atoms with Crippen molar-refractivity contribution >= 4 is 10.0 Å². The van der Waals surface area contributed by atoms with Crippen molar-refractivity contribution in [3.63, 3.8) is 0 Å². The van der Waals surface area contributed by atoms with Gasteiger partial charge in [0.15, 0.2) is 0 Å². The van der Waals surface area contributed by atoms with E-state index in [1.807, 2.05) is 12.1 Å². The minimum atomic E-state index is -3.12. The van der Waals surface area contributed by atoms with Gasteiger partial charge < -0.3 is 10.4 Å². The molecule has 0 aliphatic heterocycles. The average molecular weight is 284 g/mol. The van der Waals surface area contributed by atoms with Gasteiger partial charge in [0.25, 0.3) is 0 Å². The summed E-state index contributed by atoms with van der Waals surface area (Å²) in [5.74, 6) is 0.304. The van der Waals surface area contributed by atoms with Gasteiger partial charge in [-0.15, -0.1) is 0 Å². The Hall–Kier alpha value is -1.11. The molecule has 1 aliphatic carbocycles. The fourth-order valence-electron chi connectivity index (χ4n) is 2.50. The van der Waals surface area contributed by atoms with Crippen molar-refractivity contribution in [2.24, 2.45) is 0 Å². The van der Waals surface area contributed by atoms with Gasteiger partial charge in [0, 0.05) is 19.1 Å². The van der Waals surface area contributed by atoms with E-state index in [0.29, 0.717) is 18.8 Å². The number of fused-ring (bicyclic) bond motifs is 1. The Kier molecular flexibility index (Phi) is 4.44. The molecule has 3 N–H and O–H groups in total. The lowest BCUT2D eigenvalue weighted by molar-refractivity contribution is 0.451. The van der Waals surface area contributed by atoms with Crippen LogP contribution in [0.4, 0.5) is 0 Å². The van der Waals surface area contributed by atoms with Crippen LogP contribution in [0, 0.1) is 0 Å². The van der Waals surface area contributed by atoms with Gasteiger partial charge in [0.05, 0.1) is 6.26 Å². The molecule has 0 aromatic heterocycles. The fraction of sp³-hybridized carbons (Fsp3) is 0.538. The first-order valence-electron chi connectivity index (χ1n) is 6.45. The van der Waals surface area contributed by atoms with Crippen LogP contribution in [0.2, 0.25) is 0 Å². The summed E-state index contributed by atoms with van der Waals surface area (Å²) in [4.78, 5) is 0. The van der Waals surface area contributed by atoms with E-state index >= 15 is 0 Å². The molecule has 0 saturated carbocycles. The maximum atomic E-state index is 11.0. The van der Waals surface area contributed by atoms with E-state index in [-0.39, 0.29) is 6.04 Å². The van der Waals surface area contributed by atoms with Gasteiger partial charge >= 0.3 is 0 Å². The molecule has 0 saturated heterocycles. The number of benzene rings is 1. The zero-order chi connectivity index (χ0) is 13.9. The van der Waals surface area contributed by atoms with Crippen molar-refractivity contribution in [3.05, 3.63) is 29.3 Å². The summed E-state index contributed by atoms with van der Waals surface area (Å²) >= 11 is 0. The fourth-order valence-corrected chi connectivity index (χ4v) is 2.97. The minimum Gasteiger partial charge on any atom is -0.508 e. The van der Waals surface area contributed by atoms with Gasteiger partial charge in [-0.2, -0.15) is 0 Å². The number of phenols is 1. The van der Waals surface area contributed by atoms with E-state index in [2.05, 4.69) is 10.0 Å². The molecule has 0 spiro atoms. The summed E-state index contributed by atoms with van der Waals surface area (Å²) < 4.78 is 24.4. The number of aryl methyl sites for hydroxylation is 1. The van der Waals surface area contributed by atoms with Crippen molar-refractivity contribution in [3.8, 4) is 5.75 Å². The third-order valence-electron chi connectivity index (χ3n) is 3.32. The molecule has 0 fully saturated rings. The molecule has 0 heterocycles. The van der Waals surface area contributed by atoms with Crippen LogP contribution in [0.1, 0.15) is 30.0 Å². The molecule has 1 atom stereocenters. The number of hydrogen-bond acceptors (Lipinski definition) is 4. The van der Waals surface area contributed by atoms with Gasteiger partial charge in [-0.25, -0.2) is 13.1 Å². The molecular weight excluding hydrogens is 264 g/mol. The summed E-state index contributed by atoms with van der Waals surface area (Å²) in [6.07, 6.45) is 4.26. The molecule has 5 nitrogen and oxygen atoms in total. The number of hydrogen-bond donors (Lipinski definition) is 3. The first-order valence-corrected chi connectivity index (χ1v) is 8.35. The van der Waals surface area contributed by atoms with Crippen LogP contribution in [0.5, 0.6) is 5.75 Å². The predicted molar refractivity (Wildman–Crippen MR) is 74.6 cm³/mol. The van der Waals surface area contributed by atoms with Crippen molar-refractivity contribution in [2.45, 2.75) is 25.3 Å². The average Bonchev–Trinajstić information content (AvgIpc) is 2.33.